The van der Waals surface area contributed by atoms with Gasteiger partial charge in [-0.2, -0.15) is 0 Å². The van der Waals surface area contributed by atoms with Gasteiger partial charge in [-0.1, -0.05) is 6.92 Å². The number of hydrogen-bond donors (Lipinski definition) is 2. The van der Waals surface area contributed by atoms with E-state index in [9.17, 15) is 4.79 Å². The largest absolute Gasteiger partial charge is 0.324 e. The molecule has 0 radical (unpaired) electrons. The van der Waals surface area contributed by atoms with Crippen LogP contribution in [0.15, 0.2) is 16.9 Å². The second-order valence-corrected chi connectivity index (χ2v) is 5.95. The molecular formula is C14H20BrN3O. The first-order valence-corrected chi connectivity index (χ1v) is 7.51. The van der Waals surface area contributed by atoms with Crippen LogP contribution in [0.4, 0.5) is 5.69 Å². The maximum atomic E-state index is 12.5. The van der Waals surface area contributed by atoms with Crippen molar-refractivity contribution in [1.29, 1.82) is 0 Å². The summed E-state index contributed by atoms with van der Waals surface area (Å²) in [5, 5.41) is 6.34. The van der Waals surface area contributed by atoms with Crippen molar-refractivity contribution in [2.24, 2.45) is 5.41 Å². The van der Waals surface area contributed by atoms with Gasteiger partial charge in [0.25, 0.3) is 0 Å². The molecule has 5 heteroatoms. The first-order chi connectivity index (χ1) is 9.07. The summed E-state index contributed by atoms with van der Waals surface area (Å²) in [6.07, 6.45) is 4.55. The van der Waals surface area contributed by atoms with Crippen molar-refractivity contribution in [3.05, 3.63) is 22.4 Å². The van der Waals surface area contributed by atoms with E-state index in [1.165, 1.54) is 0 Å². The van der Waals surface area contributed by atoms with Crippen LogP contribution in [0.3, 0.4) is 0 Å². The number of aromatic nitrogens is 1. The van der Waals surface area contributed by atoms with Gasteiger partial charge >= 0.3 is 0 Å². The van der Waals surface area contributed by atoms with Crippen molar-refractivity contribution in [2.45, 2.75) is 33.1 Å². The summed E-state index contributed by atoms with van der Waals surface area (Å²) < 4.78 is 0.815. The fourth-order valence-electron chi connectivity index (χ4n) is 2.51. The average Bonchev–Trinajstić information content (AvgIpc) is 2.43. The lowest BCUT2D eigenvalue weighted by Crippen LogP contribution is -2.47. The van der Waals surface area contributed by atoms with Gasteiger partial charge in [-0.3, -0.25) is 4.79 Å². The fourth-order valence-corrected chi connectivity index (χ4v) is 2.73. The van der Waals surface area contributed by atoms with Gasteiger partial charge in [-0.05, 0) is 60.3 Å². The number of nitrogens with zero attached hydrogens (tertiary/aromatic N) is 1. The van der Waals surface area contributed by atoms with Crippen molar-refractivity contribution in [3.63, 3.8) is 0 Å². The van der Waals surface area contributed by atoms with Crippen LogP contribution in [-0.4, -0.2) is 24.0 Å². The molecule has 2 heterocycles. The SMILES string of the molecule is CCC1(C(=O)Nc2cnc(Br)c(C)c2)CCCNC1. The number of pyridine rings is 1. The molecule has 0 aliphatic carbocycles. The molecule has 1 aliphatic rings. The molecule has 1 saturated heterocycles. The van der Waals surface area contributed by atoms with E-state index < -0.39 is 0 Å². The van der Waals surface area contributed by atoms with E-state index in [0.717, 1.165) is 48.2 Å². The van der Waals surface area contributed by atoms with E-state index >= 15 is 0 Å². The van der Waals surface area contributed by atoms with Gasteiger partial charge in [0.15, 0.2) is 0 Å². The Kier molecular flexibility index (Phi) is 4.58. The van der Waals surface area contributed by atoms with Gasteiger partial charge in [0.1, 0.15) is 4.60 Å². The minimum absolute atomic E-state index is 0.103. The maximum absolute atomic E-state index is 12.5. The van der Waals surface area contributed by atoms with E-state index in [1.54, 1.807) is 6.20 Å². The summed E-state index contributed by atoms with van der Waals surface area (Å²) in [5.74, 6) is 0.103. The summed E-state index contributed by atoms with van der Waals surface area (Å²) >= 11 is 3.36. The molecule has 1 fully saturated rings. The summed E-state index contributed by atoms with van der Waals surface area (Å²) in [6.45, 7) is 5.81. The Morgan fingerprint density at radius 2 is 2.42 bits per heavy atom. The molecule has 1 aromatic heterocycles. The Bertz CT molecular complexity index is 470. The standard InChI is InChI=1S/C14H20BrN3O/c1-3-14(5-4-6-16-9-14)13(19)18-11-7-10(2)12(15)17-8-11/h7-8,16H,3-6,9H2,1-2H3,(H,18,19). The smallest absolute Gasteiger partial charge is 0.231 e. The highest BCUT2D eigenvalue weighted by Crippen LogP contribution is 2.31. The number of anilines is 1. The molecule has 19 heavy (non-hydrogen) atoms. The van der Waals surface area contributed by atoms with Crippen LogP contribution >= 0.6 is 15.9 Å². The monoisotopic (exact) mass is 325 g/mol. The van der Waals surface area contributed by atoms with Crippen LogP contribution in [0.1, 0.15) is 31.7 Å². The highest BCUT2D eigenvalue weighted by atomic mass is 79.9. The zero-order chi connectivity index (χ0) is 13.9. The van der Waals surface area contributed by atoms with Gasteiger partial charge in [-0.25, -0.2) is 4.98 Å². The molecule has 1 aromatic rings. The van der Waals surface area contributed by atoms with Gasteiger partial charge < -0.3 is 10.6 Å². The topological polar surface area (TPSA) is 54.0 Å². The molecule has 1 atom stereocenters. The molecule has 0 bridgehead atoms. The quantitative estimate of drug-likeness (QED) is 0.840. The third-order valence-corrected chi connectivity index (χ3v) is 4.73. The van der Waals surface area contributed by atoms with Crippen LogP contribution < -0.4 is 10.6 Å². The number of rotatable bonds is 3. The highest BCUT2D eigenvalue weighted by molar-refractivity contribution is 9.10. The van der Waals surface area contributed by atoms with E-state index in [-0.39, 0.29) is 11.3 Å². The first kappa shape index (κ1) is 14.5. The van der Waals surface area contributed by atoms with Crippen molar-refractivity contribution in [2.75, 3.05) is 18.4 Å². The van der Waals surface area contributed by atoms with Gasteiger partial charge in [0, 0.05) is 6.54 Å². The van der Waals surface area contributed by atoms with Gasteiger partial charge in [0.2, 0.25) is 5.91 Å². The molecule has 1 amide bonds. The third kappa shape index (κ3) is 3.15. The minimum Gasteiger partial charge on any atom is -0.324 e. The molecule has 2 rings (SSSR count). The summed E-state index contributed by atoms with van der Waals surface area (Å²) in [6, 6.07) is 1.94. The molecule has 104 valence electrons. The first-order valence-electron chi connectivity index (χ1n) is 6.72. The van der Waals surface area contributed by atoms with E-state index in [0.29, 0.717) is 0 Å². The number of carbonyl (C=O) groups excluding carboxylic acids is 1. The van der Waals surface area contributed by atoms with E-state index in [4.69, 9.17) is 0 Å². The Morgan fingerprint density at radius 3 is 3.00 bits per heavy atom. The van der Waals surface area contributed by atoms with Crippen molar-refractivity contribution in [3.8, 4) is 0 Å². The molecule has 2 N–H and O–H groups in total. The summed E-state index contributed by atoms with van der Waals surface area (Å²) in [7, 11) is 0. The molecule has 1 aliphatic heterocycles. The Labute approximate surface area is 122 Å². The predicted molar refractivity (Wildman–Crippen MR) is 80.1 cm³/mol. The number of piperidine rings is 1. The Hall–Kier alpha value is -0.940. The number of hydrogen-bond acceptors (Lipinski definition) is 3. The summed E-state index contributed by atoms with van der Waals surface area (Å²) in [5.41, 5.74) is 1.51. The second-order valence-electron chi connectivity index (χ2n) is 5.20. The average molecular weight is 326 g/mol. The van der Waals surface area contributed by atoms with Crippen LogP contribution in [0, 0.1) is 12.3 Å². The van der Waals surface area contributed by atoms with E-state index in [1.807, 2.05) is 13.0 Å². The predicted octanol–water partition coefficient (Wildman–Crippen LogP) is 2.87. The van der Waals surface area contributed by atoms with Crippen LogP contribution in [0.25, 0.3) is 0 Å². The Balaban J connectivity index is 2.12. The zero-order valence-electron chi connectivity index (χ0n) is 11.4. The van der Waals surface area contributed by atoms with Gasteiger partial charge in [0.05, 0.1) is 17.3 Å². The zero-order valence-corrected chi connectivity index (χ0v) is 13.0. The summed E-state index contributed by atoms with van der Waals surface area (Å²) in [4.78, 5) is 16.7. The van der Waals surface area contributed by atoms with Crippen molar-refractivity contribution in [1.82, 2.24) is 10.3 Å². The Morgan fingerprint density at radius 1 is 1.63 bits per heavy atom. The second kappa shape index (κ2) is 6.01. The lowest BCUT2D eigenvalue weighted by atomic mass is 9.77. The van der Waals surface area contributed by atoms with Crippen LogP contribution in [-0.2, 0) is 4.79 Å². The fraction of sp³-hybridized carbons (Fsp3) is 0.571. The molecule has 0 spiro atoms. The maximum Gasteiger partial charge on any atom is 0.231 e. The molecule has 1 unspecified atom stereocenters. The number of nitrogens with one attached hydrogen (secondary N) is 2. The molecule has 0 aromatic carbocycles. The minimum atomic E-state index is -0.279. The van der Waals surface area contributed by atoms with E-state index in [2.05, 4.69) is 38.5 Å². The number of aryl methyl sites for hydroxylation is 1. The van der Waals surface area contributed by atoms with Crippen LogP contribution in [0.2, 0.25) is 0 Å². The van der Waals surface area contributed by atoms with Crippen LogP contribution in [0.5, 0.6) is 0 Å². The van der Waals surface area contributed by atoms with Crippen molar-refractivity contribution >= 4 is 27.5 Å². The highest BCUT2D eigenvalue weighted by Gasteiger charge is 2.37. The van der Waals surface area contributed by atoms with Gasteiger partial charge in [-0.15, -0.1) is 0 Å². The third-order valence-electron chi connectivity index (χ3n) is 3.90. The number of carbonyl (C=O) groups is 1. The molecular weight excluding hydrogens is 306 g/mol. The number of amides is 1. The lowest BCUT2D eigenvalue weighted by molar-refractivity contribution is -0.126. The molecule has 4 nitrogen and oxygen atoms in total. The van der Waals surface area contributed by atoms with Crippen molar-refractivity contribution < 1.29 is 4.79 Å². The molecule has 0 saturated carbocycles. The lowest BCUT2D eigenvalue weighted by Gasteiger charge is -2.35. The number of halogens is 1. The normalized spacial score (nSPS) is 23.1.